The Kier molecular flexibility index (Phi) is 5.45. The number of halogens is 3. The van der Waals surface area contributed by atoms with Gasteiger partial charge in [-0.3, -0.25) is 4.79 Å². The number of rotatable bonds is 5. The van der Waals surface area contributed by atoms with Crippen molar-refractivity contribution in [1.29, 1.82) is 0 Å². The molecule has 4 N–H and O–H groups in total. The number of nitrogens with zero attached hydrogens (tertiary/aromatic N) is 2. The summed E-state index contributed by atoms with van der Waals surface area (Å²) < 4.78 is 45.9. The van der Waals surface area contributed by atoms with Crippen molar-refractivity contribution in [1.82, 2.24) is 15.3 Å². The van der Waals surface area contributed by atoms with Crippen LogP contribution in [0.4, 0.5) is 24.9 Å². The summed E-state index contributed by atoms with van der Waals surface area (Å²) in [6, 6.07) is 0.756. The van der Waals surface area contributed by atoms with Gasteiger partial charge in [-0.1, -0.05) is 0 Å². The molecule has 2 aromatic rings. The van der Waals surface area contributed by atoms with Crippen molar-refractivity contribution in [2.75, 3.05) is 31.2 Å². The molecule has 0 amide bonds. The van der Waals surface area contributed by atoms with Crippen molar-refractivity contribution in [2.45, 2.75) is 18.9 Å². The number of nitrogens with two attached hydrogens (primary N) is 1. The molecule has 144 valence electrons. The van der Waals surface area contributed by atoms with Crippen LogP contribution in [0.3, 0.4) is 0 Å². The Morgan fingerprint density at radius 1 is 1.30 bits per heavy atom. The SMILES string of the molecule is COc1cc(F)c(F)c(F)c1C(=O)c1cnc(NC2CCNCC2)nc1N. The van der Waals surface area contributed by atoms with Crippen molar-refractivity contribution < 1.29 is 22.7 Å². The van der Waals surface area contributed by atoms with E-state index < -0.39 is 34.5 Å². The lowest BCUT2D eigenvalue weighted by atomic mass is 10.0. The molecule has 10 heteroatoms. The summed E-state index contributed by atoms with van der Waals surface area (Å²) in [5.74, 6) is -6.34. The highest BCUT2D eigenvalue weighted by Gasteiger charge is 2.27. The van der Waals surface area contributed by atoms with Gasteiger partial charge in [0, 0.05) is 18.3 Å². The number of ketones is 1. The molecule has 0 spiro atoms. The molecule has 1 fully saturated rings. The maximum Gasteiger partial charge on any atom is 0.224 e. The Morgan fingerprint density at radius 3 is 2.63 bits per heavy atom. The first-order valence-corrected chi connectivity index (χ1v) is 8.28. The molecule has 0 bridgehead atoms. The Morgan fingerprint density at radius 2 is 2.00 bits per heavy atom. The lowest BCUT2D eigenvalue weighted by molar-refractivity contribution is 0.103. The Hall–Kier alpha value is -2.88. The average Bonchev–Trinajstić information content (AvgIpc) is 2.66. The molecule has 1 aliphatic rings. The van der Waals surface area contributed by atoms with E-state index in [1.54, 1.807) is 0 Å². The van der Waals surface area contributed by atoms with Gasteiger partial charge >= 0.3 is 0 Å². The van der Waals surface area contributed by atoms with E-state index in [0.717, 1.165) is 39.2 Å². The molecule has 1 saturated heterocycles. The first-order valence-electron chi connectivity index (χ1n) is 8.28. The van der Waals surface area contributed by atoms with Gasteiger partial charge in [-0.15, -0.1) is 0 Å². The number of piperidine rings is 1. The Labute approximate surface area is 153 Å². The van der Waals surface area contributed by atoms with Crippen molar-refractivity contribution in [3.63, 3.8) is 0 Å². The van der Waals surface area contributed by atoms with E-state index in [1.807, 2.05) is 0 Å². The number of nitrogen functional groups attached to an aromatic ring is 1. The van der Waals surface area contributed by atoms with Crippen LogP contribution in [0.2, 0.25) is 0 Å². The number of benzene rings is 1. The number of methoxy groups -OCH3 is 1. The molecule has 7 nitrogen and oxygen atoms in total. The Bertz CT molecular complexity index is 872. The number of anilines is 2. The van der Waals surface area contributed by atoms with Crippen molar-refractivity contribution in [3.8, 4) is 5.75 Å². The molecule has 2 heterocycles. The standard InChI is InChI=1S/C17H18F3N5O2/c1-27-11-6-10(18)13(19)14(20)12(11)15(26)9-7-23-17(25-16(9)21)24-8-2-4-22-5-3-8/h6-8,22H,2-5H2,1H3,(H3,21,23,24,25). The number of ether oxygens (including phenoxy) is 1. The lowest BCUT2D eigenvalue weighted by Crippen LogP contribution is -2.35. The predicted molar refractivity (Wildman–Crippen MR) is 92.3 cm³/mol. The second-order valence-corrected chi connectivity index (χ2v) is 6.05. The molecule has 1 aromatic carbocycles. The van der Waals surface area contributed by atoms with Crippen molar-refractivity contribution >= 4 is 17.5 Å². The first kappa shape index (κ1) is 18.9. The van der Waals surface area contributed by atoms with Crippen LogP contribution in [0.5, 0.6) is 5.75 Å². The average molecular weight is 381 g/mol. The van der Waals surface area contributed by atoms with E-state index >= 15 is 0 Å². The van der Waals surface area contributed by atoms with Gasteiger partial charge < -0.3 is 21.1 Å². The number of nitrogens with one attached hydrogen (secondary N) is 2. The highest BCUT2D eigenvalue weighted by atomic mass is 19.2. The summed E-state index contributed by atoms with van der Waals surface area (Å²) in [5, 5.41) is 6.34. The number of hydrogen-bond acceptors (Lipinski definition) is 7. The molecule has 1 aliphatic heterocycles. The van der Waals surface area contributed by atoms with Gasteiger partial charge in [0.2, 0.25) is 11.7 Å². The van der Waals surface area contributed by atoms with Gasteiger partial charge in [-0.2, -0.15) is 4.98 Å². The third kappa shape index (κ3) is 3.80. The van der Waals surface area contributed by atoms with E-state index in [1.165, 1.54) is 0 Å². The summed E-state index contributed by atoms with van der Waals surface area (Å²) in [4.78, 5) is 20.7. The van der Waals surface area contributed by atoms with E-state index in [0.29, 0.717) is 6.07 Å². The molecule has 1 aromatic heterocycles. The monoisotopic (exact) mass is 381 g/mol. The second kappa shape index (κ2) is 7.78. The highest BCUT2D eigenvalue weighted by molar-refractivity contribution is 6.13. The molecular formula is C17H18F3N5O2. The number of aromatic nitrogens is 2. The van der Waals surface area contributed by atoms with Crippen LogP contribution < -0.4 is 21.1 Å². The summed E-state index contributed by atoms with van der Waals surface area (Å²) >= 11 is 0. The molecule has 0 saturated carbocycles. The molecule has 27 heavy (non-hydrogen) atoms. The lowest BCUT2D eigenvalue weighted by Gasteiger charge is -2.23. The van der Waals surface area contributed by atoms with Crippen LogP contribution in [0.25, 0.3) is 0 Å². The molecular weight excluding hydrogens is 363 g/mol. The fraction of sp³-hybridized carbons (Fsp3) is 0.353. The number of carbonyl (C=O) groups excluding carboxylic acids is 1. The van der Waals surface area contributed by atoms with Gasteiger partial charge in [-0.25, -0.2) is 18.2 Å². The van der Waals surface area contributed by atoms with Crippen LogP contribution in [0.15, 0.2) is 12.3 Å². The zero-order chi connectivity index (χ0) is 19.6. The second-order valence-electron chi connectivity index (χ2n) is 6.05. The minimum Gasteiger partial charge on any atom is -0.496 e. The van der Waals surface area contributed by atoms with Crippen LogP contribution in [-0.2, 0) is 0 Å². The van der Waals surface area contributed by atoms with Crippen molar-refractivity contribution in [3.05, 3.63) is 40.8 Å². The normalized spacial score (nSPS) is 14.8. The summed E-state index contributed by atoms with van der Waals surface area (Å²) in [6.07, 6.45) is 2.87. The number of carbonyl (C=O) groups is 1. The van der Waals surface area contributed by atoms with Crippen molar-refractivity contribution in [2.24, 2.45) is 0 Å². The fourth-order valence-corrected chi connectivity index (χ4v) is 2.87. The first-order chi connectivity index (χ1) is 12.9. The maximum absolute atomic E-state index is 14.2. The minimum absolute atomic E-state index is 0.163. The van der Waals surface area contributed by atoms with Gasteiger partial charge in [0.05, 0.1) is 12.7 Å². The third-order valence-electron chi connectivity index (χ3n) is 4.31. The minimum atomic E-state index is -1.78. The van der Waals surface area contributed by atoms with Crippen LogP contribution in [0, 0.1) is 17.5 Å². The van der Waals surface area contributed by atoms with Gasteiger partial charge in [0.25, 0.3) is 0 Å². The van der Waals surface area contributed by atoms with E-state index in [-0.39, 0.29) is 23.4 Å². The van der Waals surface area contributed by atoms with Crippen LogP contribution >= 0.6 is 0 Å². The van der Waals surface area contributed by atoms with E-state index in [2.05, 4.69) is 20.6 Å². The van der Waals surface area contributed by atoms with Gasteiger partial charge in [0.15, 0.2) is 17.5 Å². The molecule has 0 radical (unpaired) electrons. The zero-order valence-electron chi connectivity index (χ0n) is 14.5. The van der Waals surface area contributed by atoms with Crippen LogP contribution in [0.1, 0.15) is 28.8 Å². The quantitative estimate of drug-likeness (QED) is 0.537. The summed E-state index contributed by atoms with van der Waals surface area (Å²) in [7, 11) is 1.11. The number of hydrogen-bond donors (Lipinski definition) is 3. The van der Waals surface area contributed by atoms with E-state index in [4.69, 9.17) is 10.5 Å². The topological polar surface area (TPSA) is 102 Å². The smallest absolute Gasteiger partial charge is 0.224 e. The largest absolute Gasteiger partial charge is 0.496 e. The zero-order valence-corrected chi connectivity index (χ0v) is 14.5. The van der Waals surface area contributed by atoms with E-state index in [9.17, 15) is 18.0 Å². The van der Waals surface area contributed by atoms with Gasteiger partial charge in [-0.05, 0) is 25.9 Å². The predicted octanol–water partition coefficient (Wildman–Crippen LogP) is 1.88. The molecule has 0 unspecified atom stereocenters. The van der Waals surface area contributed by atoms with Gasteiger partial charge in [0.1, 0.15) is 17.1 Å². The summed E-state index contributed by atoms with van der Waals surface area (Å²) in [5.41, 5.74) is 4.80. The molecule has 3 rings (SSSR count). The third-order valence-corrected chi connectivity index (χ3v) is 4.31. The Balaban J connectivity index is 1.90. The summed E-state index contributed by atoms with van der Waals surface area (Å²) in [6.45, 7) is 1.72. The molecule has 0 atom stereocenters. The van der Waals surface area contributed by atoms with Crippen LogP contribution in [-0.4, -0.2) is 42.0 Å². The maximum atomic E-state index is 14.2. The highest BCUT2D eigenvalue weighted by Crippen LogP contribution is 2.29. The fourth-order valence-electron chi connectivity index (χ4n) is 2.87. The molecule has 0 aliphatic carbocycles.